The number of carbonyl (C=O) groups excluding carboxylic acids is 2. The van der Waals surface area contributed by atoms with Gasteiger partial charge >= 0.3 is 5.97 Å². The van der Waals surface area contributed by atoms with Crippen LogP contribution in [0.25, 0.3) is 0 Å². The highest BCUT2D eigenvalue weighted by atomic mass is 32.2. The Morgan fingerprint density at radius 1 is 1.03 bits per heavy atom. The highest BCUT2D eigenvalue weighted by Crippen LogP contribution is 2.33. The summed E-state index contributed by atoms with van der Waals surface area (Å²) in [5.41, 5.74) is 0.978. The summed E-state index contributed by atoms with van der Waals surface area (Å²) in [6.45, 7) is 1.88. The van der Waals surface area contributed by atoms with Crippen molar-refractivity contribution in [1.29, 1.82) is 0 Å². The molecule has 2 rings (SSSR count). The van der Waals surface area contributed by atoms with Crippen molar-refractivity contribution >= 4 is 33.3 Å². The zero-order valence-electron chi connectivity index (χ0n) is 18.6. The lowest BCUT2D eigenvalue weighted by Crippen LogP contribution is -2.37. The third-order valence-electron chi connectivity index (χ3n) is 4.48. The first-order chi connectivity index (χ1) is 15.2. The van der Waals surface area contributed by atoms with E-state index in [0.717, 1.165) is 23.4 Å². The van der Waals surface area contributed by atoms with E-state index in [4.69, 9.17) is 14.2 Å². The van der Waals surface area contributed by atoms with Gasteiger partial charge in [0.2, 0.25) is 15.9 Å². The van der Waals surface area contributed by atoms with Crippen LogP contribution < -0.4 is 19.1 Å². The van der Waals surface area contributed by atoms with E-state index in [1.807, 2.05) is 6.92 Å². The third-order valence-corrected chi connectivity index (χ3v) is 5.60. The Hall–Kier alpha value is -3.27. The van der Waals surface area contributed by atoms with E-state index in [1.165, 1.54) is 38.5 Å². The van der Waals surface area contributed by atoms with Crippen molar-refractivity contribution in [2.45, 2.75) is 19.8 Å². The molecule has 0 fully saturated rings. The molecule has 0 saturated carbocycles. The SMILES string of the molecule is CCCCOC(=O)c1ccc(NC(=O)CN(c2ccc(OC)cc2OC)S(C)(=O)=O)cc1. The largest absolute Gasteiger partial charge is 0.497 e. The summed E-state index contributed by atoms with van der Waals surface area (Å²) < 4.78 is 41.3. The van der Waals surface area contributed by atoms with E-state index in [-0.39, 0.29) is 11.4 Å². The van der Waals surface area contributed by atoms with E-state index in [2.05, 4.69) is 5.32 Å². The average molecular weight is 465 g/mol. The standard InChI is InChI=1S/C22H28N2O7S/c1-5-6-13-31-22(26)16-7-9-17(10-8-16)23-21(25)15-24(32(4,27)28)19-12-11-18(29-2)14-20(19)30-3/h7-12,14H,5-6,13,15H2,1-4H3,(H,23,25). The minimum Gasteiger partial charge on any atom is -0.497 e. The second-order valence-corrected chi connectivity index (χ2v) is 8.83. The van der Waals surface area contributed by atoms with E-state index in [9.17, 15) is 18.0 Å². The van der Waals surface area contributed by atoms with Crippen molar-refractivity contribution in [3.05, 3.63) is 48.0 Å². The monoisotopic (exact) mass is 464 g/mol. The van der Waals surface area contributed by atoms with Gasteiger partial charge in [-0.15, -0.1) is 0 Å². The van der Waals surface area contributed by atoms with Gasteiger partial charge in [-0.1, -0.05) is 13.3 Å². The number of hydrogen-bond donors (Lipinski definition) is 1. The number of unbranched alkanes of at least 4 members (excludes halogenated alkanes) is 1. The second kappa shape index (κ2) is 11.4. The van der Waals surface area contributed by atoms with Crippen LogP contribution in [0.1, 0.15) is 30.1 Å². The normalized spacial score (nSPS) is 10.9. The van der Waals surface area contributed by atoms with E-state index >= 15 is 0 Å². The van der Waals surface area contributed by atoms with Gasteiger partial charge in [0.05, 0.1) is 38.3 Å². The molecule has 0 aromatic heterocycles. The molecular weight excluding hydrogens is 436 g/mol. The number of anilines is 2. The summed E-state index contributed by atoms with van der Waals surface area (Å²) in [4.78, 5) is 24.6. The molecule has 9 nitrogen and oxygen atoms in total. The van der Waals surface area contributed by atoms with Crippen LogP contribution in [0.3, 0.4) is 0 Å². The highest BCUT2D eigenvalue weighted by Gasteiger charge is 2.24. The molecule has 0 unspecified atom stereocenters. The second-order valence-electron chi connectivity index (χ2n) is 6.92. The molecule has 2 aromatic carbocycles. The first kappa shape index (κ1) is 25.0. The number of benzene rings is 2. The van der Waals surface area contributed by atoms with Crippen molar-refractivity contribution in [2.24, 2.45) is 0 Å². The third kappa shape index (κ3) is 6.88. The Balaban J connectivity index is 2.13. The van der Waals surface area contributed by atoms with Gasteiger partial charge in [0.15, 0.2) is 0 Å². The van der Waals surface area contributed by atoms with Crippen LogP contribution in [0.4, 0.5) is 11.4 Å². The minimum absolute atomic E-state index is 0.205. The molecule has 10 heteroatoms. The van der Waals surface area contributed by atoms with Crippen LogP contribution in [0.15, 0.2) is 42.5 Å². The number of nitrogens with zero attached hydrogens (tertiary/aromatic N) is 1. The van der Waals surface area contributed by atoms with Gasteiger partial charge in [-0.05, 0) is 42.8 Å². The number of nitrogens with one attached hydrogen (secondary N) is 1. The summed E-state index contributed by atoms with van der Waals surface area (Å²) in [6.07, 6.45) is 2.71. The molecule has 0 radical (unpaired) electrons. The predicted molar refractivity (Wildman–Crippen MR) is 122 cm³/mol. The first-order valence-electron chi connectivity index (χ1n) is 9.96. The fourth-order valence-corrected chi connectivity index (χ4v) is 3.65. The minimum atomic E-state index is -3.80. The molecule has 0 atom stereocenters. The van der Waals surface area contributed by atoms with Gasteiger partial charge in [0.25, 0.3) is 0 Å². The summed E-state index contributed by atoms with van der Waals surface area (Å²) in [6, 6.07) is 10.8. The highest BCUT2D eigenvalue weighted by molar-refractivity contribution is 7.92. The van der Waals surface area contributed by atoms with Gasteiger partial charge in [-0.2, -0.15) is 0 Å². The molecule has 0 bridgehead atoms. The molecule has 1 amide bonds. The molecule has 2 aromatic rings. The van der Waals surface area contributed by atoms with Gasteiger partial charge in [0, 0.05) is 11.8 Å². The van der Waals surface area contributed by atoms with Gasteiger partial charge in [-0.25, -0.2) is 13.2 Å². The lowest BCUT2D eigenvalue weighted by molar-refractivity contribution is -0.114. The number of methoxy groups -OCH3 is 2. The van der Waals surface area contributed by atoms with Crippen LogP contribution in [0, 0.1) is 0 Å². The van der Waals surface area contributed by atoms with Crippen LogP contribution in [0.5, 0.6) is 11.5 Å². The van der Waals surface area contributed by atoms with Gasteiger partial charge in [0.1, 0.15) is 18.0 Å². The Morgan fingerprint density at radius 3 is 2.28 bits per heavy atom. The van der Waals surface area contributed by atoms with Crippen LogP contribution >= 0.6 is 0 Å². The van der Waals surface area contributed by atoms with E-state index in [0.29, 0.717) is 23.6 Å². The summed E-state index contributed by atoms with van der Waals surface area (Å²) in [7, 11) is -0.921. The maximum Gasteiger partial charge on any atom is 0.338 e. The van der Waals surface area contributed by atoms with Gasteiger partial charge < -0.3 is 19.5 Å². The maximum absolute atomic E-state index is 12.6. The van der Waals surface area contributed by atoms with Gasteiger partial charge in [-0.3, -0.25) is 9.10 Å². The number of ether oxygens (including phenoxy) is 3. The average Bonchev–Trinajstić information content (AvgIpc) is 2.77. The van der Waals surface area contributed by atoms with Crippen molar-refractivity contribution < 1.29 is 32.2 Å². The van der Waals surface area contributed by atoms with Crippen molar-refractivity contribution in [3.8, 4) is 11.5 Å². The summed E-state index contributed by atoms with van der Waals surface area (Å²) in [5, 5.41) is 2.63. The number of amides is 1. The number of hydrogen-bond acceptors (Lipinski definition) is 7. The molecule has 0 aliphatic rings. The Bertz CT molecular complexity index is 1040. The smallest absolute Gasteiger partial charge is 0.338 e. The molecule has 0 saturated heterocycles. The summed E-state index contributed by atoms with van der Waals surface area (Å²) in [5.74, 6) is -0.275. The molecule has 0 aliphatic heterocycles. The molecule has 0 aliphatic carbocycles. The zero-order valence-corrected chi connectivity index (χ0v) is 19.4. The molecule has 32 heavy (non-hydrogen) atoms. The van der Waals surface area contributed by atoms with Crippen LogP contribution in [-0.4, -0.2) is 53.9 Å². The van der Waals surface area contributed by atoms with Crippen molar-refractivity contribution in [1.82, 2.24) is 0 Å². The first-order valence-corrected chi connectivity index (χ1v) is 11.8. The molecule has 0 spiro atoms. The van der Waals surface area contributed by atoms with Crippen LogP contribution in [0.2, 0.25) is 0 Å². The van der Waals surface area contributed by atoms with Crippen molar-refractivity contribution in [3.63, 3.8) is 0 Å². The molecule has 174 valence electrons. The van der Waals surface area contributed by atoms with Crippen LogP contribution in [-0.2, 0) is 19.6 Å². The lowest BCUT2D eigenvalue weighted by atomic mass is 10.2. The zero-order chi connectivity index (χ0) is 23.7. The predicted octanol–water partition coefficient (Wildman–Crippen LogP) is 3.07. The number of carbonyl (C=O) groups is 2. The number of esters is 1. The maximum atomic E-state index is 12.6. The lowest BCUT2D eigenvalue weighted by Gasteiger charge is -2.24. The topological polar surface area (TPSA) is 111 Å². The molecular formula is C22H28N2O7S. The van der Waals surface area contributed by atoms with E-state index < -0.39 is 28.4 Å². The molecule has 0 heterocycles. The number of sulfonamides is 1. The number of rotatable bonds is 11. The fraction of sp³-hybridized carbons (Fsp3) is 0.364. The Kier molecular flexibility index (Phi) is 8.89. The van der Waals surface area contributed by atoms with E-state index in [1.54, 1.807) is 18.2 Å². The fourth-order valence-electron chi connectivity index (χ4n) is 2.79. The summed E-state index contributed by atoms with van der Waals surface area (Å²) >= 11 is 0. The Morgan fingerprint density at radius 2 is 1.72 bits per heavy atom. The van der Waals surface area contributed by atoms with Crippen molar-refractivity contribution in [2.75, 3.05) is 43.2 Å². The Labute approximate surface area is 188 Å². The molecule has 1 N–H and O–H groups in total. The quantitative estimate of drug-likeness (QED) is 0.402.